The number of nitrogens with one attached hydrogen (secondary N) is 1. The van der Waals surface area contributed by atoms with Crippen molar-refractivity contribution < 1.29 is 9.90 Å². The Kier molecular flexibility index (Phi) is 5.33. The lowest BCUT2D eigenvalue weighted by Crippen LogP contribution is -2.50. The minimum absolute atomic E-state index is 0.0147. The Balaban J connectivity index is 1.92. The molecule has 0 saturated carbocycles. The summed E-state index contributed by atoms with van der Waals surface area (Å²) in [6.45, 7) is 5.94. The number of aliphatic hydroxyl groups is 1. The first-order valence-corrected chi connectivity index (χ1v) is 7.53. The highest BCUT2D eigenvalue weighted by Crippen LogP contribution is 2.19. The second kappa shape index (κ2) is 7.02. The molecule has 5 heteroatoms. The number of carbonyl (C=O) groups is 1. The van der Waals surface area contributed by atoms with Crippen LogP contribution >= 0.6 is 0 Å². The number of hydrogen-bond donors (Lipinski definition) is 3. The Labute approximate surface area is 126 Å². The third-order valence-corrected chi connectivity index (χ3v) is 4.28. The van der Waals surface area contributed by atoms with Crippen LogP contribution in [0.3, 0.4) is 0 Å². The quantitative estimate of drug-likeness (QED) is 0.778. The molecule has 21 heavy (non-hydrogen) atoms. The monoisotopic (exact) mass is 291 g/mol. The number of amides is 1. The minimum atomic E-state index is -0.250. The molecule has 0 bridgehead atoms. The van der Waals surface area contributed by atoms with Gasteiger partial charge in [-0.3, -0.25) is 9.69 Å². The number of carbonyl (C=O) groups excluding carboxylic acids is 1. The fraction of sp³-hybridized carbons (Fsp3) is 0.562. The largest absolute Gasteiger partial charge is 0.393 e. The third-order valence-electron chi connectivity index (χ3n) is 4.28. The second-order valence-electron chi connectivity index (χ2n) is 5.89. The number of likely N-dealkylation sites (tertiary alicyclic amines) is 1. The van der Waals surface area contributed by atoms with Crippen molar-refractivity contribution in [1.82, 2.24) is 4.90 Å². The number of anilines is 1. The average Bonchev–Trinajstić information content (AvgIpc) is 2.50. The lowest BCUT2D eigenvalue weighted by molar-refractivity contribution is -0.122. The van der Waals surface area contributed by atoms with Crippen LogP contribution in [0.5, 0.6) is 0 Å². The molecule has 1 fully saturated rings. The van der Waals surface area contributed by atoms with E-state index in [0.717, 1.165) is 30.8 Å². The van der Waals surface area contributed by atoms with Gasteiger partial charge in [-0.25, -0.2) is 0 Å². The number of rotatable bonds is 4. The molecule has 1 aromatic rings. The summed E-state index contributed by atoms with van der Waals surface area (Å²) >= 11 is 0. The van der Waals surface area contributed by atoms with Crippen LogP contribution in [-0.2, 0) is 11.3 Å². The second-order valence-corrected chi connectivity index (χ2v) is 5.89. The topological polar surface area (TPSA) is 78.6 Å². The van der Waals surface area contributed by atoms with Gasteiger partial charge >= 0.3 is 0 Å². The van der Waals surface area contributed by atoms with Gasteiger partial charge in [0.1, 0.15) is 0 Å². The van der Waals surface area contributed by atoms with Crippen LogP contribution in [0.2, 0.25) is 0 Å². The zero-order valence-corrected chi connectivity index (χ0v) is 12.7. The summed E-state index contributed by atoms with van der Waals surface area (Å²) in [5.41, 5.74) is 7.38. The molecule has 4 N–H and O–H groups in total. The van der Waals surface area contributed by atoms with Crippen molar-refractivity contribution in [2.75, 3.05) is 18.4 Å². The van der Waals surface area contributed by atoms with Crippen molar-refractivity contribution in [3.63, 3.8) is 0 Å². The molecule has 0 aromatic heterocycles. The van der Waals surface area contributed by atoms with E-state index in [4.69, 9.17) is 5.73 Å². The maximum atomic E-state index is 12.3. The summed E-state index contributed by atoms with van der Waals surface area (Å²) in [5.74, 6) is 0.192. The van der Waals surface area contributed by atoms with Crippen molar-refractivity contribution in [1.29, 1.82) is 0 Å². The van der Waals surface area contributed by atoms with E-state index in [0.29, 0.717) is 6.54 Å². The highest BCUT2D eigenvalue weighted by Gasteiger charge is 2.29. The van der Waals surface area contributed by atoms with Gasteiger partial charge in [0.2, 0.25) is 5.91 Å². The van der Waals surface area contributed by atoms with Crippen LogP contribution in [0.4, 0.5) is 5.69 Å². The van der Waals surface area contributed by atoms with Crippen LogP contribution in [0, 0.1) is 5.92 Å². The van der Waals surface area contributed by atoms with Crippen molar-refractivity contribution in [2.24, 2.45) is 11.7 Å². The number of hydrogen-bond acceptors (Lipinski definition) is 4. The lowest BCUT2D eigenvalue weighted by atomic mass is 9.95. The van der Waals surface area contributed by atoms with Crippen LogP contribution in [-0.4, -0.2) is 41.1 Å². The molecule has 0 aliphatic carbocycles. The summed E-state index contributed by atoms with van der Waals surface area (Å²) in [4.78, 5) is 14.4. The maximum absolute atomic E-state index is 12.3. The van der Waals surface area contributed by atoms with E-state index in [9.17, 15) is 9.90 Å². The molecule has 1 aromatic carbocycles. The first-order valence-electron chi connectivity index (χ1n) is 7.53. The number of benzene rings is 1. The highest BCUT2D eigenvalue weighted by atomic mass is 16.3. The van der Waals surface area contributed by atoms with E-state index in [1.54, 1.807) is 0 Å². The summed E-state index contributed by atoms with van der Waals surface area (Å²) in [6.07, 6.45) is 0.476. The van der Waals surface area contributed by atoms with E-state index in [-0.39, 0.29) is 24.0 Å². The average molecular weight is 291 g/mol. The Bertz CT molecular complexity index is 475. The molecular weight excluding hydrogens is 266 g/mol. The van der Waals surface area contributed by atoms with Gasteiger partial charge in [0.15, 0.2) is 0 Å². The minimum Gasteiger partial charge on any atom is -0.393 e. The molecule has 3 atom stereocenters. The smallest absolute Gasteiger partial charge is 0.241 e. The van der Waals surface area contributed by atoms with Crippen molar-refractivity contribution in [3.05, 3.63) is 29.8 Å². The first kappa shape index (κ1) is 15.9. The molecule has 0 spiro atoms. The van der Waals surface area contributed by atoms with Gasteiger partial charge in [-0.2, -0.15) is 0 Å². The van der Waals surface area contributed by atoms with E-state index >= 15 is 0 Å². The van der Waals surface area contributed by atoms with E-state index in [1.165, 1.54) is 0 Å². The normalized spacial score (nSPS) is 24.6. The summed E-state index contributed by atoms with van der Waals surface area (Å²) < 4.78 is 0. The fourth-order valence-corrected chi connectivity index (χ4v) is 2.65. The van der Waals surface area contributed by atoms with Crippen LogP contribution in [0.15, 0.2) is 24.3 Å². The molecule has 0 radical (unpaired) electrons. The molecule has 3 unspecified atom stereocenters. The zero-order valence-electron chi connectivity index (χ0n) is 12.7. The molecule has 5 nitrogen and oxygen atoms in total. The molecular formula is C16H25N3O2. The maximum Gasteiger partial charge on any atom is 0.241 e. The first-order chi connectivity index (χ1) is 10.0. The van der Waals surface area contributed by atoms with Gasteiger partial charge in [0.25, 0.3) is 0 Å². The van der Waals surface area contributed by atoms with Gasteiger partial charge in [-0.15, -0.1) is 0 Å². The van der Waals surface area contributed by atoms with Crippen LogP contribution < -0.4 is 11.1 Å². The highest BCUT2D eigenvalue weighted by molar-refractivity contribution is 5.94. The molecule has 1 aliphatic rings. The van der Waals surface area contributed by atoms with Gasteiger partial charge in [0.05, 0.1) is 12.1 Å². The number of nitrogens with two attached hydrogens (primary N) is 1. The SMILES string of the molecule is CC1CN(C(C)C(=O)Nc2ccc(CN)cc2)CCC1O. The Morgan fingerprint density at radius 1 is 1.48 bits per heavy atom. The molecule has 1 saturated heterocycles. The summed E-state index contributed by atoms with van der Waals surface area (Å²) in [5, 5.41) is 12.7. The standard InChI is InChI=1S/C16H25N3O2/c1-11-10-19(8-7-15(11)20)12(2)16(21)18-14-5-3-13(9-17)4-6-14/h3-6,11-12,15,20H,7-10,17H2,1-2H3,(H,18,21). The zero-order chi connectivity index (χ0) is 15.4. The van der Waals surface area contributed by atoms with Crippen LogP contribution in [0.25, 0.3) is 0 Å². The Hall–Kier alpha value is -1.43. The number of aliphatic hydroxyl groups excluding tert-OH is 1. The lowest BCUT2D eigenvalue weighted by Gasteiger charge is -2.37. The van der Waals surface area contributed by atoms with Gasteiger partial charge < -0.3 is 16.2 Å². The van der Waals surface area contributed by atoms with Crippen LogP contribution in [0.1, 0.15) is 25.8 Å². The molecule has 1 amide bonds. The van der Waals surface area contributed by atoms with E-state index in [2.05, 4.69) is 10.2 Å². The third kappa shape index (κ3) is 4.03. The van der Waals surface area contributed by atoms with Crippen molar-refractivity contribution >= 4 is 11.6 Å². The van der Waals surface area contributed by atoms with Crippen molar-refractivity contribution in [2.45, 2.75) is 39.0 Å². The van der Waals surface area contributed by atoms with Gasteiger partial charge in [-0.05, 0) is 37.0 Å². The van der Waals surface area contributed by atoms with E-state index < -0.39 is 0 Å². The Morgan fingerprint density at radius 3 is 2.71 bits per heavy atom. The van der Waals surface area contributed by atoms with E-state index in [1.807, 2.05) is 38.1 Å². The van der Waals surface area contributed by atoms with Crippen molar-refractivity contribution in [3.8, 4) is 0 Å². The number of piperidine rings is 1. The molecule has 116 valence electrons. The predicted molar refractivity (Wildman–Crippen MR) is 83.8 cm³/mol. The number of nitrogens with zero attached hydrogens (tertiary/aromatic N) is 1. The molecule has 2 rings (SSSR count). The van der Waals surface area contributed by atoms with Gasteiger partial charge in [-0.1, -0.05) is 19.1 Å². The predicted octanol–water partition coefficient (Wildman–Crippen LogP) is 1.17. The molecule has 1 aliphatic heterocycles. The Morgan fingerprint density at radius 2 is 2.14 bits per heavy atom. The molecule has 1 heterocycles. The van der Waals surface area contributed by atoms with Gasteiger partial charge in [0, 0.05) is 25.3 Å². The summed E-state index contributed by atoms with van der Waals surface area (Å²) in [6, 6.07) is 7.37. The fourth-order valence-electron chi connectivity index (χ4n) is 2.65. The summed E-state index contributed by atoms with van der Waals surface area (Å²) in [7, 11) is 0.